The molecule has 0 amide bonds. The molecule has 5 atom stereocenters. The number of hydrogen-bond acceptors (Lipinski definition) is 3. The molecular formula is C13H20N2O4S. The lowest BCUT2D eigenvalue weighted by Gasteiger charge is -2.32. The first-order chi connectivity index (χ1) is 9.48. The summed E-state index contributed by atoms with van der Waals surface area (Å²) in [7, 11) is -3.47. The lowest BCUT2D eigenvalue weighted by Crippen LogP contribution is -2.49. The van der Waals surface area contributed by atoms with Crippen LogP contribution in [-0.2, 0) is 15.0 Å². The van der Waals surface area contributed by atoms with Gasteiger partial charge in [0, 0.05) is 24.7 Å². The summed E-state index contributed by atoms with van der Waals surface area (Å²) >= 11 is 0. The fourth-order valence-corrected chi connectivity index (χ4v) is 7.22. The third-order valence-corrected chi connectivity index (χ3v) is 7.85. The average Bonchev–Trinajstić information content (AvgIpc) is 3.16. The highest BCUT2D eigenvalue weighted by molar-refractivity contribution is 7.86. The number of rotatable bonds is 3. The van der Waals surface area contributed by atoms with Crippen LogP contribution in [0.1, 0.15) is 38.5 Å². The lowest BCUT2D eigenvalue weighted by atomic mass is 9.89. The summed E-state index contributed by atoms with van der Waals surface area (Å²) in [5.41, 5.74) is 0. The number of hydrogen-bond donors (Lipinski definition) is 1. The van der Waals surface area contributed by atoms with Crippen molar-refractivity contribution in [3.05, 3.63) is 0 Å². The maximum absolute atomic E-state index is 12.9. The molecule has 0 aromatic rings. The molecule has 0 aromatic heterocycles. The van der Waals surface area contributed by atoms with E-state index in [2.05, 4.69) is 0 Å². The van der Waals surface area contributed by atoms with Gasteiger partial charge in [0.05, 0.1) is 5.92 Å². The molecule has 0 spiro atoms. The van der Waals surface area contributed by atoms with Gasteiger partial charge in [-0.15, -0.1) is 0 Å². The molecule has 4 rings (SSSR count). The second-order valence-electron chi connectivity index (χ2n) is 6.72. The molecule has 6 nitrogen and oxygen atoms in total. The number of carboxylic acids is 1. The molecule has 7 heteroatoms. The summed E-state index contributed by atoms with van der Waals surface area (Å²) in [5.74, 6) is -0.839. The summed E-state index contributed by atoms with van der Waals surface area (Å²) in [4.78, 5) is 11.3. The Bertz CT molecular complexity index is 549. The Balaban J connectivity index is 1.63. The zero-order valence-electron chi connectivity index (χ0n) is 11.3. The van der Waals surface area contributed by atoms with Crippen molar-refractivity contribution >= 4 is 16.2 Å². The van der Waals surface area contributed by atoms with E-state index in [0.29, 0.717) is 25.3 Å². The summed E-state index contributed by atoms with van der Waals surface area (Å²) < 4.78 is 29.0. The highest BCUT2D eigenvalue weighted by Crippen LogP contribution is 2.47. The van der Waals surface area contributed by atoms with Gasteiger partial charge in [-0.05, 0) is 44.4 Å². The minimum atomic E-state index is -3.47. The van der Waals surface area contributed by atoms with E-state index in [0.717, 1.165) is 25.7 Å². The Morgan fingerprint density at radius 2 is 1.80 bits per heavy atom. The molecule has 1 aliphatic carbocycles. The topological polar surface area (TPSA) is 77.9 Å². The van der Waals surface area contributed by atoms with Crippen molar-refractivity contribution in [3.8, 4) is 0 Å². The van der Waals surface area contributed by atoms with Crippen molar-refractivity contribution < 1.29 is 18.3 Å². The van der Waals surface area contributed by atoms with Crippen LogP contribution in [0.15, 0.2) is 0 Å². The van der Waals surface area contributed by atoms with Crippen LogP contribution in [0.2, 0.25) is 0 Å². The van der Waals surface area contributed by atoms with Gasteiger partial charge >= 0.3 is 5.97 Å². The normalized spacial score (nSPS) is 44.5. The maximum atomic E-state index is 12.9. The molecule has 0 aromatic carbocycles. The summed E-state index contributed by atoms with van der Waals surface area (Å²) in [6.07, 6.45) is 5.10. The number of fused-ring (bicyclic) bond motifs is 4. The Morgan fingerprint density at radius 3 is 2.35 bits per heavy atom. The number of piperidine rings is 1. The minimum Gasteiger partial charge on any atom is -0.481 e. The van der Waals surface area contributed by atoms with Gasteiger partial charge in [0.25, 0.3) is 10.2 Å². The molecule has 1 saturated carbocycles. The summed E-state index contributed by atoms with van der Waals surface area (Å²) in [6.45, 7) is 0.640. The molecule has 3 heterocycles. The molecule has 0 radical (unpaired) electrons. The van der Waals surface area contributed by atoms with E-state index in [1.54, 1.807) is 8.61 Å². The van der Waals surface area contributed by atoms with E-state index in [4.69, 9.17) is 0 Å². The Morgan fingerprint density at radius 1 is 1.05 bits per heavy atom. The maximum Gasteiger partial charge on any atom is 0.308 e. The van der Waals surface area contributed by atoms with Gasteiger partial charge in [0.15, 0.2) is 0 Å². The zero-order chi connectivity index (χ0) is 14.1. The Labute approximate surface area is 118 Å². The smallest absolute Gasteiger partial charge is 0.308 e. The van der Waals surface area contributed by atoms with Crippen LogP contribution in [-0.4, -0.2) is 52.8 Å². The fraction of sp³-hybridized carbons (Fsp3) is 0.923. The number of aliphatic carboxylic acids is 1. The SMILES string of the molecule is O=C(O)C1CC2CCC1N2S(=O)(=O)N1CC2CCC1C2. The predicted molar refractivity (Wildman–Crippen MR) is 71.1 cm³/mol. The van der Waals surface area contributed by atoms with E-state index in [9.17, 15) is 18.3 Å². The standard InChI is InChI=1S/C13H20N2O4S/c16-13(17)11-6-10-3-4-12(11)15(10)20(18,19)14-7-8-1-2-9(14)5-8/h8-12H,1-7H2,(H,16,17). The van der Waals surface area contributed by atoms with Crippen LogP contribution in [0.5, 0.6) is 0 Å². The molecule has 4 bridgehead atoms. The van der Waals surface area contributed by atoms with Gasteiger partial charge in [-0.2, -0.15) is 17.0 Å². The molecule has 4 aliphatic rings. The van der Waals surface area contributed by atoms with Crippen LogP contribution in [0.4, 0.5) is 0 Å². The van der Waals surface area contributed by atoms with E-state index in [1.807, 2.05) is 0 Å². The second-order valence-corrected chi connectivity index (χ2v) is 8.51. The van der Waals surface area contributed by atoms with Crippen molar-refractivity contribution in [1.82, 2.24) is 8.61 Å². The second kappa shape index (κ2) is 4.18. The predicted octanol–water partition coefficient (Wildman–Crippen LogP) is 0.653. The van der Waals surface area contributed by atoms with Crippen molar-refractivity contribution in [3.63, 3.8) is 0 Å². The number of nitrogens with zero attached hydrogens (tertiary/aromatic N) is 2. The van der Waals surface area contributed by atoms with E-state index in [-0.39, 0.29) is 18.1 Å². The van der Waals surface area contributed by atoms with Gasteiger partial charge in [-0.1, -0.05) is 0 Å². The minimum absolute atomic E-state index is 0.0924. The Hall–Kier alpha value is -0.660. The molecule has 1 N–H and O–H groups in total. The van der Waals surface area contributed by atoms with Crippen molar-refractivity contribution in [2.24, 2.45) is 11.8 Å². The average molecular weight is 300 g/mol. The van der Waals surface area contributed by atoms with Crippen LogP contribution in [0.25, 0.3) is 0 Å². The van der Waals surface area contributed by atoms with Crippen LogP contribution >= 0.6 is 0 Å². The molecule has 3 aliphatic heterocycles. The quantitative estimate of drug-likeness (QED) is 0.830. The van der Waals surface area contributed by atoms with Gasteiger partial charge < -0.3 is 5.11 Å². The van der Waals surface area contributed by atoms with Gasteiger partial charge in [-0.25, -0.2) is 0 Å². The van der Waals surface area contributed by atoms with Crippen LogP contribution < -0.4 is 0 Å². The Kier molecular flexibility index (Phi) is 2.72. The molecular weight excluding hydrogens is 280 g/mol. The van der Waals surface area contributed by atoms with Crippen molar-refractivity contribution in [2.45, 2.75) is 56.7 Å². The zero-order valence-corrected chi connectivity index (χ0v) is 12.1. The molecule has 20 heavy (non-hydrogen) atoms. The largest absolute Gasteiger partial charge is 0.481 e. The van der Waals surface area contributed by atoms with E-state index < -0.39 is 22.1 Å². The highest BCUT2D eigenvalue weighted by atomic mass is 32.2. The van der Waals surface area contributed by atoms with Crippen molar-refractivity contribution in [2.75, 3.05) is 6.54 Å². The molecule has 5 unspecified atom stereocenters. The van der Waals surface area contributed by atoms with Gasteiger partial charge in [-0.3, -0.25) is 4.79 Å². The van der Waals surface area contributed by atoms with Crippen molar-refractivity contribution in [1.29, 1.82) is 0 Å². The first-order valence-electron chi connectivity index (χ1n) is 7.51. The van der Waals surface area contributed by atoms with Gasteiger partial charge in [0.2, 0.25) is 0 Å². The lowest BCUT2D eigenvalue weighted by molar-refractivity contribution is -0.142. The fourth-order valence-electron chi connectivity index (χ4n) is 4.85. The molecule has 4 fully saturated rings. The summed E-state index contributed by atoms with van der Waals surface area (Å²) in [5, 5.41) is 9.25. The number of carboxylic acid groups (broad SMARTS) is 1. The van der Waals surface area contributed by atoms with Crippen LogP contribution in [0, 0.1) is 11.8 Å². The molecule has 112 valence electrons. The first kappa shape index (κ1) is 13.0. The molecule has 3 saturated heterocycles. The number of carbonyl (C=O) groups is 1. The third kappa shape index (κ3) is 1.63. The highest BCUT2D eigenvalue weighted by Gasteiger charge is 2.57. The van der Waals surface area contributed by atoms with E-state index >= 15 is 0 Å². The van der Waals surface area contributed by atoms with Gasteiger partial charge in [0.1, 0.15) is 0 Å². The van der Waals surface area contributed by atoms with E-state index in [1.165, 1.54) is 0 Å². The first-order valence-corrected chi connectivity index (χ1v) is 8.91. The third-order valence-electron chi connectivity index (χ3n) is 5.71. The monoisotopic (exact) mass is 300 g/mol. The van der Waals surface area contributed by atoms with Crippen LogP contribution in [0.3, 0.4) is 0 Å². The summed E-state index contributed by atoms with van der Waals surface area (Å²) in [6, 6.07) is -0.250.